The zero-order valence-corrected chi connectivity index (χ0v) is 13.0. The summed E-state index contributed by atoms with van der Waals surface area (Å²) in [6.45, 7) is 5.33. The fourth-order valence-corrected chi connectivity index (χ4v) is 2.16. The Morgan fingerprint density at radius 1 is 1.14 bits per heavy atom. The first-order valence-corrected chi connectivity index (χ1v) is 7.49. The minimum absolute atomic E-state index is 0.248. The molecule has 126 valence electrons. The van der Waals surface area contributed by atoms with Crippen LogP contribution in [-0.2, 0) is 11.2 Å². The van der Waals surface area contributed by atoms with Gasteiger partial charge in [0.05, 0.1) is 12.7 Å². The number of hydrogen-bond donors (Lipinski definition) is 1. The second-order valence-electron chi connectivity index (χ2n) is 5.19. The predicted octanol–water partition coefficient (Wildman–Crippen LogP) is 2.88. The van der Waals surface area contributed by atoms with Crippen LogP contribution in [0.4, 0.5) is 13.2 Å². The molecule has 0 fully saturated rings. The molecular formula is C16H24F3NO2. The van der Waals surface area contributed by atoms with Crippen LogP contribution in [0.15, 0.2) is 30.3 Å². The molecule has 0 saturated carbocycles. The summed E-state index contributed by atoms with van der Waals surface area (Å²) in [7, 11) is 0. The third-order valence-electron chi connectivity index (χ3n) is 3.48. The second kappa shape index (κ2) is 9.12. The zero-order chi connectivity index (χ0) is 16.6. The van der Waals surface area contributed by atoms with Crippen LogP contribution in [0.1, 0.15) is 19.4 Å². The van der Waals surface area contributed by atoms with E-state index in [0.717, 1.165) is 13.1 Å². The molecule has 0 saturated heterocycles. The van der Waals surface area contributed by atoms with Crippen molar-refractivity contribution in [1.82, 2.24) is 4.90 Å². The molecule has 2 atom stereocenters. The monoisotopic (exact) mass is 319 g/mol. The van der Waals surface area contributed by atoms with Gasteiger partial charge < -0.3 is 14.7 Å². The Bertz CT molecular complexity index is 408. The van der Waals surface area contributed by atoms with Crippen LogP contribution in [0, 0.1) is 0 Å². The number of aliphatic hydroxyl groups is 1. The zero-order valence-electron chi connectivity index (χ0n) is 13.0. The fraction of sp³-hybridized carbons (Fsp3) is 0.625. The first-order valence-electron chi connectivity index (χ1n) is 7.49. The molecule has 0 heterocycles. The molecule has 1 aromatic carbocycles. The number of nitrogens with zero attached hydrogens (tertiary/aromatic N) is 1. The van der Waals surface area contributed by atoms with E-state index in [4.69, 9.17) is 4.74 Å². The quantitative estimate of drug-likeness (QED) is 0.760. The minimum atomic E-state index is -4.45. The highest BCUT2D eigenvalue weighted by Crippen LogP contribution is 2.26. The highest BCUT2D eigenvalue weighted by molar-refractivity contribution is 5.15. The van der Waals surface area contributed by atoms with E-state index in [1.807, 2.05) is 18.7 Å². The Morgan fingerprint density at radius 2 is 1.73 bits per heavy atom. The summed E-state index contributed by atoms with van der Waals surface area (Å²) in [6, 6.07) is 8.40. The first kappa shape index (κ1) is 18.9. The van der Waals surface area contributed by atoms with Crippen LogP contribution >= 0.6 is 0 Å². The van der Waals surface area contributed by atoms with E-state index in [2.05, 4.69) is 0 Å². The first-order chi connectivity index (χ1) is 10.4. The van der Waals surface area contributed by atoms with E-state index in [9.17, 15) is 18.3 Å². The van der Waals surface area contributed by atoms with Crippen molar-refractivity contribution >= 4 is 0 Å². The minimum Gasteiger partial charge on any atom is -0.389 e. The SMILES string of the molecule is CCN(CC)C[C@H](O)CO[C@@H](Cc1ccccc1)C(F)(F)F. The highest BCUT2D eigenvalue weighted by atomic mass is 19.4. The molecule has 0 radical (unpaired) electrons. The van der Waals surface area contributed by atoms with Gasteiger partial charge in [-0.15, -0.1) is 0 Å². The van der Waals surface area contributed by atoms with Crippen LogP contribution in [-0.4, -0.2) is 54.6 Å². The highest BCUT2D eigenvalue weighted by Gasteiger charge is 2.40. The molecule has 0 aliphatic carbocycles. The summed E-state index contributed by atoms with van der Waals surface area (Å²) in [5.74, 6) is 0. The molecular weight excluding hydrogens is 295 g/mol. The van der Waals surface area contributed by atoms with Crippen LogP contribution in [0.3, 0.4) is 0 Å². The summed E-state index contributed by atoms with van der Waals surface area (Å²) >= 11 is 0. The Labute approximate surface area is 129 Å². The number of alkyl halides is 3. The van der Waals surface area contributed by atoms with Gasteiger partial charge in [-0.3, -0.25) is 0 Å². The van der Waals surface area contributed by atoms with Gasteiger partial charge >= 0.3 is 6.18 Å². The summed E-state index contributed by atoms with van der Waals surface area (Å²) < 4.78 is 44.1. The largest absolute Gasteiger partial charge is 0.414 e. The standard InChI is InChI=1S/C16H24F3NO2/c1-3-20(4-2)11-14(21)12-22-15(16(17,18)19)10-13-8-6-5-7-9-13/h5-9,14-15,21H,3-4,10-12H2,1-2H3/t14-,15-/m0/s1. The average Bonchev–Trinajstić information content (AvgIpc) is 2.48. The molecule has 0 amide bonds. The average molecular weight is 319 g/mol. The van der Waals surface area contributed by atoms with Crippen molar-refractivity contribution in [2.24, 2.45) is 0 Å². The maximum absolute atomic E-state index is 13.0. The number of likely N-dealkylation sites (N-methyl/N-ethyl adjacent to an activating group) is 1. The lowest BCUT2D eigenvalue weighted by molar-refractivity contribution is -0.225. The van der Waals surface area contributed by atoms with E-state index in [-0.39, 0.29) is 13.0 Å². The molecule has 6 heteroatoms. The Kier molecular flexibility index (Phi) is 7.85. The van der Waals surface area contributed by atoms with Crippen molar-refractivity contribution in [3.8, 4) is 0 Å². The van der Waals surface area contributed by atoms with Gasteiger partial charge in [0.2, 0.25) is 0 Å². The number of benzene rings is 1. The third-order valence-corrected chi connectivity index (χ3v) is 3.48. The molecule has 22 heavy (non-hydrogen) atoms. The normalized spacial score (nSPS) is 15.0. The number of halogens is 3. The third kappa shape index (κ3) is 6.77. The number of ether oxygens (including phenoxy) is 1. The molecule has 0 bridgehead atoms. The lowest BCUT2D eigenvalue weighted by Gasteiger charge is -2.25. The van der Waals surface area contributed by atoms with Crippen molar-refractivity contribution in [3.05, 3.63) is 35.9 Å². The summed E-state index contributed by atoms with van der Waals surface area (Å²) in [5, 5.41) is 9.83. The number of rotatable bonds is 9. The van der Waals surface area contributed by atoms with Crippen LogP contribution in [0.5, 0.6) is 0 Å². The fourth-order valence-electron chi connectivity index (χ4n) is 2.16. The summed E-state index contributed by atoms with van der Waals surface area (Å²) in [6.07, 6.45) is -7.53. The number of aliphatic hydroxyl groups excluding tert-OH is 1. The molecule has 3 nitrogen and oxygen atoms in total. The van der Waals surface area contributed by atoms with Gasteiger partial charge in [-0.1, -0.05) is 44.2 Å². The van der Waals surface area contributed by atoms with E-state index in [0.29, 0.717) is 12.1 Å². The molecule has 0 unspecified atom stereocenters. The van der Waals surface area contributed by atoms with Crippen molar-refractivity contribution in [1.29, 1.82) is 0 Å². The maximum Gasteiger partial charge on any atom is 0.414 e. The van der Waals surface area contributed by atoms with Crippen LogP contribution in [0.25, 0.3) is 0 Å². The van der Waals surface area contributed by atoms with Crippen molar-refractivity contribution in [2.75, 3.05) is 26.2 Å². The van der Waals surface area contributed by atoms with Crippen LogP contribution in [0.2, 0.25) is 0 Å². The number of hydrogen-bond acceptors (Lipinski definition) is 3. The van der Waals surface area contributed by atoms with Gasteiger partial charge in [0, 0.05) is 13.0 Å². The molecule has 0 aromatic heterocycles. The summed E-state index contributed by atoms with van der Waals surface area (Å²) in [4.78, 5) is 1.94. The van der Waals surface area contributed by atoms with E-state index < -0.39 is 18.4 Å². The van der Waals surface area contributed by atoms with Gasteiger partial charge in [0.25, 0.3) is 0 Å². The van der Waals surface area contributed by atoms with Crippen molar-refractivity contribution in [3.63, 3.8) is 0 Å². The van der Waals surface area contributed by atoms with E-state index in [1.165, 1.54) is 0 Å². The smallest absolute Gasteiger partial charge is 0.389 e. The van der Waals surface area contributed by atoms with Gasteiger partial charge in [0.1, 0.15) is 0 Å². The Morgan fingerprint density at radius 3 is 2.23 bits per heavy atom. The Hall–Kier alpha value is -1.11. The molecule has 1 N–H and O–H groups in total. The molecule has 0 aliphatic heterocycles. The molecule has 1 aromatic rings. The van der Waals surface area contributed by atoms with Crippen LogP contribution < -0.4 is 0 Å². The van der Waals surface area contributed by atoms with Gasteiger partial charge in [-0.05, 0) is 18.7 Å². The molecule has 0 spiro atoms. The van der Waals surface area contributed by atoms with Crippen molar-refractivity contribution < 1.29 is 23.0 Å². The van der Waals surface area contributed by atoms with Gasteiger partial charge in [0.15, 0.2) is 6.10 Å². The predicted molar refractivity (Wildman–Crippen MR) is 79.7 cm³/mol. The second-order valence-corrected chi connectivity index (χ2v) is 5.19. The van der Waals surface area contributed by atoms with Crippen molar-refractivity contribution in [2.45, 2.75) is 38.7 Å². The van der Waals surface area contributed by atoms with E-state index >= 15 is 0 Å². The topological polar surface area (TPSA) is 32.7 Å². The molecule has 0 aliphatic rings. The Balaban J connectivity index is 2.55. The van der Waals surface area contributed by atoms with Gasteiger partial charge in [-0.25, -0.2) is 0 Å². The maximum atomic E-state index is 13.0. The van der Waals surface area contributed by atoms with Gasteiger partial charge in [-0.2, -0.15) is 13.2 Å². The van der Waals surface area contributed by atoms with E-state index in [1.54, 1.807) is 30.3 Å². The summed E-state index contributed by atoms with van der Waals surface area (Å²) in [5.41, 5.74) is 0.558. The molecule has 1 rings (SSSR count). The lowest BCUT2D eigenvalue weighted by Crippen LogP contribution is -2.39. The lowest BCUT2D eigenvalue weighted by atomic mass is 10.1.